The first-order chi connectivity index (χ1) is 10.8. The molecule has 1 fully saturated rings. The Balaban J connectivity index is 1.86. The second-order valence-electron chi connectivity index (χ2n) is 7.03. The van der Waals surface area contributed by atoms with Crippen molar-refractivity contribution in [2.75, 3.05) is 6.54 Å². The van der Waals surface area contributed by atoms with Crippen LogP contribution in [0.4, 0.5) is 0 Å². The predicted molar refractivity (Wildman–Crippen MR) is 85.5 cm³/mol. The first-order valence-electron chi connectivity index (χ1n) is 7.94. The Hall–Kier alpha value is -2.02. The minimum atomic E-state index is -0.241. The average Bonchev–Trinajstić information content (AvgIpc) is 3.05. The maximum Gasteiger partial charge on any atom is 0.304 e. The van der Waals surface area contributed by atoms with Gasteiger partial charge in [0.05, 0.1) is 19.2 Å². The number of esters is 1. The number of hydrogen-bond acceptors (Lipinski definition) is 6. The van der Waals surface area contributed by atoms with E-state index in [0.29, 0.717) is 6.67 Å². The highest BCUT2D eigenvalue weighted by molar-refractivity contribution is 5.69. The lowest BCUT2D eigenvalue weighted by molar-refractivity contribution is -0.155. The summed E-state index contributed by atoms with van der Waals surface area (Å²) in [5.74, 6) is 0.555. The van der Waals surface area contributed by atoms with Gasteiger partial charge in [-0.3, -0.25) is 9.69 Å². The van der Waals surface area contributed by atoms with Gasteiger partial charge in [0.25, 0.3) is 0 Å². The van der Waals surface area contributed by atoms with Crippen LogP contribution in [0, 0.1) is 0 Å². The number of rotatable bonds is 3. The van der Waals surface area contributed by atoms with Gasteiger partial charge in [-0.25, -0.2) is 15.0 Å². The Kier molecular flexibility index (Phi) is 4.06. The van der Waals surface area contributed by atoms with Gasteiger partial charge in [-0.1, -0.05) is 20.8 Å². The Labute approximate surface area is 135 Å². The third-order valence-electron chi connectivity index (χ3n) is 3.97. The molecule has 0 radical (unpaired) electrons. The average molecular weight is 317 g/mol. The number of likely N-dealkylation sites (tertiary alicyclic amines) is 1. The van der Waals surface area contributed by atoms with Crippen LogP contribution in [0.1, 0.15) is 46.4 Å². The van der Waals surface area contributed by atoms with Crippen LogP contribution < -0.4 is 0 Å². The Bertz CT molecular complexity index is 719. The van der Waals surface area contributed by atoms with Gasteiger partial charge in [0, 0.05) is 18.9 Å². The van der Waals surface area contributed by atoms with Crippen molar-refractivity contribution >= 4 is 17.1 Å². The molecule has 1 unspecified atom stereocenters. The minimum Gasteiger partial charge on any atom is -0.446 e. The van der Waals surface area contributed by atoms with Gasteiger partial charge >= 0.3 is 5.97 Å². The summed E-state index contributed by atoms with van der Waals surface area (Å²) in [5.41, 5.74) is 1.48. The number of carbonyl (C=O) groups excluding carboxylic acids is 1. The van der Waals surface area contributed by atoms with E-state index in [0.717, 1.165) is 36.4 Å². The molecule has 23 heavy (non-hydrogen) atoms. The van der Waals surface area contributed by atoms with Crippen LogP contribution in [-0.2, 0) is 21.6 Å². The SMILES string of the molecule is CC(=O)OC1CCCN1Cn1cnc2cnc(C(C)(C)C)nc21. The molecule has 0 aliphatic carbocycles. The van der Waals surface area contributed by atoms with Crippen molar-refractivity contribution < 1.29 is 9.53 Å². The fourth-order valence-corrected chi connectivity index (χ4v) is 2.80. The molecule has 0 spiro atoms. The summed E-state index contributed by atoms with van der Waals surface area (Å²) in [6, 6.07) is 0. The molecule has 1 atom stereocenters. The molecular formula is C16H23N5O2. The van der Waals surface area contributed by atoms with Crippen molar-refractivity contribution in [1.29, 1.82) is 0 Å². The number of ether oxygens (including phenoxy) is 1. The maximum absolute atomic E-state index is 11.2. The topological polar surface area (TPSA) is 73.1 Å². The number of nitrogens with zero attached hydrogens (tertiary/aromatic N) is 5. The molecule has 1 aliphatic rings. The predicted octanol–water partition coefficient (Wildman–Crippen LogP) is 2.07. The first kappa shape index (κ1) is 15.9. The van der Waals surface area contributed by atoms with Gasteiger partial charge in [-0.15, -0.1) is 0 Å². The molecule has 2 aromatic rings. The van der Waals surface area contributed by atoms with Gasteiger partial charge < -0.3 is 9.30 Å². The van der Waals surface area contributed by atoms with Crippen LogP contribution in [0.3, 0.4) is 0 Å². The number of imidazole rings is 1. The second kappa shape index (κ2) is 5.88. The summed E-state index contributed by atoms with van der Waals surface area (Å²) >= 11 is 0. The van der Waals surface area contributed by atoms with Gasteiger partial charge in [0.1, 0.15) is 11.3 Å². The molecule has 3 heterocycles. The lowest BCUT2D eigenvalue weighted by atomic mass is 9.96. The summed E-state index contributed by atoms with van der Waals surface area (Å²) in [7, 11) is 0. The monoisotopic (exact) mass is 317 g/mol. The summed E-state index contributed by atoms with van der Waals surface area (Å²) in [4.78, 5) is 26.8. The van der Waals surface area contributed by atoms with Gasteiger partial charge in [-0.05, 0) is 12.8 Å². The normalized spacial score (nSPS) is 19.4. The molecule has 124 valence electrons. The van der Waals surface area contributed by atoms with Crippen LogP contribution in [0.5, 0.6) is 0 Å². The van der Waals surface area contributed by atoms with Crippen molar-refractivity contribution in [2.24, 2.45) is 0 Å². The molecule has 1 aliphatic heterocycles. The molecule has 0 N–H and O–H groups in total. The van der Waals surface area contributed by atoms with Crippen molar-refractivity contribution in [3.8, 4) is 0 Å². The van der Waals surface area contributed by atoms with Crippen LogP contribution in [0.25, 0.3) is 11.2 Å². The highest BCUT2D eigenvalue weighted by atomic mass is 16.6. The molecule has 3 rings (SSSR count). The van der Waals surface area contributed by atoms with Gasteiger partial charge in [0.15, 0.2) is 11.9 Å². The van der Waals surface area contributed by atoms with Crippen LogP contribution in [0.2, 0.25) is 0 Å². The van der Waals surface area contributed by atoms with E-state index >= 15 is 0 Å². The zero-order valence-corrected chi connectivity index (χ0v) is 14.1. The largest absolute Gasteiger partial charge is 0.446 e. The maximum atomic E-state index is 11.2. The Morgan fingerprint density at radius 1 is 1.39 bits per heavy atom. The van der Waals surface area contributed by atoms with Gasteiger partial charge in [-0.2, -0.15) is 0 Å². The second-order valence-corrected chi connectivity index (χ2v) is 7.03. The Morgan fingerprint density at radius 3 is 2.87 bits per heavy atom. The number of aromatic nitrogens is 4. The summed E-state index contributed by atoms with van der Waals surface area (Å²) < 4.78 is 7.38. The third kappa shape index (κ3) is 3.34. The molecule has 2 aromatic heterocycles. The lowest BCUT2D eigenvalue weighted by Crippen LogP contribution is -2.34. The molecule has 1 saturated heterocycles. The van der Waals surface area contributed by atoms with Crippen molar-refractivity contribution in [3.63, 3.8) is 0 Å². The summed E-state index contributed by atoms with van der Waals surface area (Å²) in [6.07, 6.45) is 5.28. The van der Waals surface area contributed by atoms with Crippen LogP contribution >= 0.6 is 0 Å². The third-order valence-corrected chi connectivity index (χ3v) is 3.97. The van der Waals surface area contributed by atoms with Gasteiger partial charge in [0.2, 0.25) is 0 Å². The number of fused-ring (bicyclic) bond motifs is 1. The fourth-order valence-electron chi connectivity index (χ4n) is 2.80. The zero-order valence-electron chi connectivity index (χ0n) is 14.1. The van der Waals surface area contributed by atoms with E-state index in [2.05, 4.69) is 40.6 Å². The van der Waals surface area contributed by atoms with Crippen molar-refractivity contribution in [3.05, 3.63) is 18.3 Å². The fraction of sp³-hybridized carbons (Fsp3) is 0.625. The summed E-state index contributed by atoms with van der Waals surface area (Å²) in [6.45, 7) is 9.22. The van der Waals surface area contributed by atoms with Crippen molar-refractivity contribution in [1.82, 2.24) is 24.4 Å². The summed E-state index contributed by atoms with van der Waals surface area (Å²) in [5, 5.41) is 0. The highest BCUT2D eigenvalue weighted by Gasteiger charge is 2.28. The van der Waals surface area contributed by atoms with E-state index in [1.807, 2.05) is 4.57 Å². The van der Waals surface area contributed by atoms with Crippen LogP contribution in [-0.4, -0.2) is 43.2 Å². The number of hydrogen-bond donors (Lipinski definition) is 0. The van der Waals surface area contributed by atoms with E-state index in [1.165, 1.54) is 6.92 Å². The lowest BCUT2D eigenvalue weighted by Gasteiger charge is -2.24. The van der Waals surface area contributed by atoms with E-state index < -0.39 is 0 Å². The molecule has 7 nitrogen and oxygen atoms in total. The minimum absolute atomic E-state index is 0.114. The van der Waals surface area contributed by atoms with E-state index in [9.17, 15) is 4.79 Å². The number of carbonyl (C=O) groups is 1. The molecule has 0 saturated carbocycles. The van der Waals surface area contributed by atoms with Crippen LogP contribution in [0.15, 0.2) is 12.5 Å². The first-order valence-corrected chi connectivity index (χ1v) is 7.94. The van der Waals surface area contributed by atoms with E-state index in [4.69, 9.17) is 4.74 Å². The molecule has 0 aromatic carbocycles. The molecule has 0 amide bonds. The highest BCUT2D eigenvalue weighted by Crippen LogP contribution is 2.23. The Morgan fingerprint density at radius 2 is 2.17 bits per heavy atom. The molecular weight excluding hydrogens is 294 g/mol. The quantitative estimate of drug-likeness (QED) is 0.807. The molecule has 7 heteroatoms. The zero-order chi connectivity index (χ0) is 16.6. The standard InChI is InChI=1S/C16H23N5O2/c1-11(22)23-13-6-5-7-20(13)10-21-9-18-12-8-17-15(16(2,3)4)19-14(12)21/h8-9,13H,5-7,10H2,1-4H3. The van der Waals surface area contributed by atoms with Crippen molar-refractivity contribution in [2.45, 2.75) is 58.8 Å². The molecule has 0 bridgehead atoms. The smallest absolute Gasteiger partial charge is 0.304 e. The van der Waals surface area contributed by atoms with E-state index in [-0.39, 0.29) is 17.6 Å². The van der Waals surface area contributed by atoms with E-state index in [1.54, 1.807) is 12.5 Å².